The second-order valence-electron chi connectivity index (χ2n) is 6.34. The van der Waals surface area contributed by atoms with Gasteiger partial charge < -0.3 is 10.4 Å². The Hall–Kier alpha value is -2.67. The van der Waals surface area contributed by atoms with Crippen LogP contribution in [-0.2, 0) is 11.3 Å². The standard InChI is InChI=1S/C19H21N3O3S/c1-11-13(3)26-18-17(11)19(25)22(10-20-18)8-7-16(24)21-12(2)14-5-4-6-15(23)9-14/h4-6,9-10,12,23H,7-8H2,1-3H3,(H,21,24). The number of rotatable bonds is 5. The predicted molar refractivity (Wildman–Crippen MR) is 103 cm³/mol. The lowest BCUT2D eigenvalue weighted by Crippen LogP contribution is -2.29. The van der Waals surface area contributed by atoms with Gasteiger partial charge in [0.2, 0.25) is 5.91 Å². The molecule has 6 nitrogen and oxygen atoms in total. The maximum atomic E-state index is 12.6. The number of nitrogens with one attached hydrogen (secondary N) is 1. The molecule has 26 heavy (non-hydrogen) atoms. The monoisotopic (exact) mass is 371 g/mol. The molecular formula is C19H21N3O3S. The molecule has 3 rings (SSSR count). The summed E-state index contributed by atoms with van der Waals surface area (Å²) in [6.07, 6.45) is 1.68. The van der Waals surface area contributed by atoms with E-state index in [0.717, 1.165) is 20.8 Å². The molecule has 0 spiro atoms. The van der Waals surface area contributed by atoms with Gasteiger partial charge >= 0.3 is 0 Å². The topological polar surface area (TPSA) is 84.2 Å². The zero-order chi connectivity index (χ0) is 18.8. The van der Waals surface area contributed by atoms with Gasteiger partial charge in [-0.1, -0.05) is 12.1 Å². The van der Waals surface area contributed by atoms with Crippen molar-refractivity contribution >= 4 is 27.5 Å². The third kappa shape index (κ3) is 3.62. The number of hydrogen-bond donors (Lipinski definition) is 2. The number of phenolic OH excluding ortho intramolecular Hbond substituents is 1. The molecule has 0 bridgehead atoms. The van der Waals surface area contributed by atoms with E-state index in [1.165, 1.54) is 22.2 Å². The number of hydrogen-bond acceptors (Lipinski definition) is 5. The van der Waals surface area contributed by atoms with Gasteiger partial charge in [-0.25, -0.2) is 4.98 Å². The fourth-order valence-electron chi connectivity index (χ4n) is 2.84. The first kappa shape index (κ1) is 18.1. The Morgan fingerprint density at radius 3 is 2.88 bits per heavy atom. The number of thiophene rings is 1. The second-order valence-corrected chi connectivity index (χ2v) is 7.54. The minimum Gasteiger partial charge on any atom is -0.508 e. The Morgan fingerprint density at radius 1 is 1.38 bits per heavy atom. The molecule has 2 aromatic heterocycles. The molecule has 2 N–H and O–H groups in total. The summed E-state index contributed by atoms with van der Waals surface area (Å²) < 4.78 is 1.49. The van der Waals surface area contributed by atoms with Crippen LogP contribution in [0.2, 0.25) is 0 Å². The van der Waals surface area contributed by atoms with Crippen molar-refractivity contribution in [1.82, 2.24) is 14.9 Å². The number of aryl methyl sites for hydroxylation is 3. The van der Waals surface area contributed by atoms with Gasteiger partial charge in [-0.2, -0.15) is 0 Å². The molecule has 7 heteroatoms. The summed E-state index contributed by atoms with van der Waals surface area (Å²) in [6, 6.07) is 6.55. The molecule has 0 aliphatic carbocycles. The summed E-state index contributed by atoms with van der Waals surface area (Å²) in [7, 11) is 0. The van der Waals surface area contributed by atoms with Crippen molar-refractivity contribution in [3.8, 4) is 5.75 Å². The van der Waals surface area contributed by atoms with Crippen LogP contribution in [0.5, 0.6) is 5.75 Å². The number of carbonyl (C=O) groups is 1. The van der Waals surface area contributed by atoms with Crippen molar-refractivity contribution < 1.29 is 9.90 Å². The minimum atomic E-state index is -0.228. The highest BCUT2D eigenvalue weighted by Crippen LogP contribution is 2.25. The fraction of sp³-hybridized carbons (Fsp3) is 0.316. The Morgan fingerprint density at radius 2 is 2.15 bits per heavy atom. The average molecular weight is 371 g/mol. The van der Waals surface area contributed by atoms with E-state index >= 15 is 0 Å². The van der Waals surface area contributed by atoms with Crippen molar-refractivity contribution in [2.45, 2.75) is 39.8 Å². The van der Waals surface area contributed by atoms with E-state index in [-0.39, 0.29) is 36.2 Å². The van der Waals surface area contributed by atoms with Crippen LogP contribution in [0, 0.1) is 13.8 Å². The quantitative estimate of drug-likeness (QED) is 0.722. The summed E-state index contributed by atoms with van der Waals surface area (Å²) in [5.74, 6) is 0.00187. The molecule has 2 heterocycles. The summed E-state index contributed by atoms with van der Waals surface area (Å²) >= 11 is 1.51. The van der Waals surface area contributed by atoms with Crippen LogP contribution in [0.25, 0.3) is 10.2 Å². The molecule has 0 saturated carbocycles. The van der Waals surface area contributed by atoms with E-state index in [4.69, 9.17) is 0 Å². The van der Waals surface area contributed by atoms with Crippen LogP contribution in [0.1, 0.15) is 35.4 Å². The van der Waals surface area contributed by atoms with Crippen molar-refractivity contribution in [2.24, 2.45) is 0 Å². The van der Waals surface area contributed by atoms with Gasteiger partial charge in [-0.3, -0.25) is 14.2 Å². The van der Waals surface area contributed by atoms with Crippen LogP contribution in [0.15, 0.2) is 35.4 Å². The number of aromatic nitrogens is 2. The number of aromatic hydroxyl groups is 1. The van der Waals surface area contributed by atoms with Gasteiger partial charge in [-0.15, -0.1) is 11.3 Å². The molecule has 1 aromatic carbocycles. The molecule has 1 amide bonds. The first-order chi connectivity index (χ1) is 12.4. The van der Waals surface area contributed by atoms with E-state index in [1.807, 2.05) is 26.8 Å². The van der Waals surface area contributed by atoms with Crippen LogP contribution >= 0.6 is 11.3 Å². The maximum absolute atomic E-state index is 12.6. The lowest BCUT2D eigenvalue weighted by atomic mass is 10.1. The average Bonchev–Trinajstić information content (AvgIpc) is 2.89. The van der Waals surface area contributed by atoms with Crippen molar-refractivity contribution in [1.29, 1.82) is 0 Å². The highest BCUT2D eigenvalue weighted by Gasteiger charge is 2.14. The Kier molecular flexibility index (Phi) is 5.08. The van der Waals surface area contributed by atoms with Gasteiger partial charge in [-0.05, 0) is 44.0 Å². The molecule has 136 valence electrons. The maximum Gasteiger partial charge on any atom is 0.262 e. The third-order valence-electron chi connectivity index (χ3n) is 4.48. The Bertz CT molecular complexity index is 1020. The molecule has 0 aliphatic rings. The summed E-state index contributed by atoms with van der Waals surface area (Å²) in [4.78, 5) is 31.0. The fourth-order valence-corrected chi connectivity index (χ4v) is 3.83. The van der Waals surface area contributed by atoms with E-state index in [1.54, 1.807) is 18.2 Å². The van der Waals surface area contributed by atoms with Gasteiger partial charge in [0.1, 0.15) is 10.6 Å². The lowest BCUT2D eigenvalue weighted by Gasteiger charge is -2.15. The van der Waals surface area contributed by atoms with Gasteiger partial charge in [0.15, 0.2) is 0 Å². The van der Waals surface area contributed by atoms with Crippen LogP contribution in [-0.4, -0.2) is 20.6 Å². The normalized spacial score (nSPS) is 12.3. The van der Waals surface area contributed by atoms with E-state index in [2.05, 4.69) is 10.3 Å². The SMILES string of the molecule is Cc1sc2ncn(CCC(=O)NC(C)c3cccc(O)c3)c(=O)c2c1C. The smallest absolute Gasteiger partial charge is 0.262 e. The molecule has 0 radical (unpaired) electrons. The largest absolute Gasteiger partial charge is 0.508 e. The van der Waals surface area contributed by atoms with Crippen LogP contribution in [0.3, 0.4) is 0 Å². The number of carbonyl (C=O) groups excluding carboxylic acids is 1. The molecule has 1 unspecified atom stereocenters. The Balaban J connectivity index is 1.68. The van der Waals surface area contributed by atoms with Gasteiger partial charge in [0.05, 0.1) is 17.8 Å². The molecule has 1 atom stereocenters. The van der Waals surface area contributed by atoms with Gasteiger partial charge in [0.25, 0.3) is 5.56 Å². The summed E-state index contributed by atoms with van der Waals surface area (Å²) in [5.41, 5.74) is 1.67. The first-order valence-corrected chi connectivity index (χ1v) is 9.22. The minimum absolute atomic E-state index is 0.106. The number of fused-ring (bicyclic) bond motifs is 1. The van der Waals surface area contributed by atoms with Gasteiger partial charge in [0, 0.05) is 17.8 Å². The molecule has 3 aromatic rings. The number of phenols is 1. The zero-order valence-electron chi connectivity index (χ0n) is 14.9. The third-order valence-corrected chi connectivity index (χ3v) is 5.60. The first-order valence-electron chi connectivity index (χ1n) is 8.40. The molecular weight excluding hydrogens is 350 g/mol. The van der Waals surface area contributed by atoms with E-state index < -0.39 is 0 Å². The molecule has 0 aliphatic heterocycles. The molecule has 0 saturated heterocycles. The predicted octanol–water partition coefficient (Wildman–Crippen LogP) is 3.05. The number of nitrogens with zero attached hydrogens (tertiary/aromatic N) is 2. The van der Waals surface area contributed by atoms with Crippen LogP contribution in [0.4, 0.5) is 0 Å². The van der Waals surface area contributed by atoms with E-state index in [9.17, 15) is 14.7 Å². The van der Waals surface area contributed by atoms with Crippen molar-refractivity contribution in [2.75, 3.05) is 0 Å². The summed E-state index contributed by atoms with van der Waals surface area (Å²) in [6.45, 7) is 6.02. The molecule has 0 fully saturated rings. The van der Waals surface area contributed by atoms with Crippen molar-refractivity contribution in [3.05, 3.63) is 57.0 Å². The highest BCUT2D eigenvalue weighted by atomic mass is 32.1. The van der Waals surface area contributed by atoms with Crippen LogP contribution < -0.4 is 10.9 Å². The zero-order valence-corrected chi connectivity index (χ0v) is 15.8. The highest BCUT2D eigenvalue weighted by molar-refractivity contribution is 7.18. The Labute approximate surface area is 155 Å². The number of benzene rings is 1. The number of amides is 1. The lowest BCUT2D eigenvalue weighted by molar-refractivity contribution is -0.121. The second kappa shape index (κ2) is 7.29. The van der Waals surface area contributed by atoms with E-state index in [0.29, 0.717) is 5.39 Å². The van der Waals surface area contributed by atoms with Crippen molar-refractivity contribution in [3.63, 3.8) is 0 Å². The summed E-state index contributed by atoms with van der Waals surface area (Å²) in [5, 5.41) is 13.1.